The number of nitriles is 1. The van der Waals surface area contributed by atoms with Crippen LogP contribution in [-0.4, -0.2) is 36.2 Å². The molecular weight excluding hydrogens is 427 g/mol. The van der Waals surface area contributed by atoms with Crippen molar-refractivity contribution in [2.75, 3.05) is 19.0 Å². The summed E-state index contributed by atoms with van der Waals surface area (Å²) in [6, 6.07) is 12.0. The first-order valence-electron chi connectivity index (χ1n) is 9.63. The molecule has 0 radical (unpaired) electrons. The number of nitrogens with one attached hydrogen (secondary N) is 1. The van der Waals surface area contributed by atoms with E-state index in [0.29, 0.717) is 17.4 Å². The smallest absolute Gasteiger partial charge is 0.257 e. The summed E-state index contributed by atoms with van der Waals surface area (Å²) in [5.41, 5.74) is -1.20. The number of ether oxygens (including phenoxy) is 1. The van der Waals surface area contributed by atoms with Crippen LogP contribution in [0.15, 0.2) is 47.5 Å². The van der Waals surface area contributed by atoms with E-state index < -0.39 is 30.0 Å². The highest BCUT2D eigenvalue weighted by atomic mass is 32.2. The Labute approximate surface area is 181 Å². The molecule has 3 atom stereocenters. The van der Waals surface area contributed by atoms with Gasteiger partial charge in [-0.15, -0.1) is 0 Å². The SMILES string of the molecule is N#Cc1cc(C23COC(CF)CC2CSC(NC(=O)c2ccccc2)=N3)c(F)cc1F. The van der Waals surface area contributed by atoms with Crippen LogP contribution in [-0.2, 0) is 10.3 Å². The lowest BCUT2D eigenvalue weighted by Gasteiger charge is -2.46. The van der Waals surface area contributed by atoms with Crippen molar-refractivity contribution in [2.45, 2.75) is 18.1 Å². The van der Waals surface area contributed by atoms with Crippen LogP contribution in [0, 0.1) is 28.9 Å². The number of hydrogen-bond acceptors (Lipinski definition) is 5. The molecule has 2 aliphatic heterocycles. The second kappa shape index (κ2) is 8.73. The van der Waals surface area contributed by atoms with Gasteiger partial charge in [-0.2, -0.15) is 5.26 Å². The van der Waals surface area contributed by atoms with E-state index >= 15 is 0 Å². The van der Waals surface area contributed by atoms with Gasteiger partial charge in [0, 0.05) is 28.9 Å². The largest absolute Gasteiger partial charge is 0.373 e. The van der Waals surface area contributed by atoms with Gasteiger partial charge in [0.1, 0.15) is 29.9 Å². The number of alkyl halides is 1. The fourth-order valence-electron chi connectivity index (χ4n) is 3.92. The maximum atomic E-state index is 14.9. The highest BCUT2D eigenvalue weighted by molar-refractivity contribution is 8.13. The van der Waals surface area contributed by atoms with Crippen molar-refractivity contribution in [3.05, 3.63) is 70.8 Å². The van der Waals surface area contributed by atoms with Crippen molar-refractivity contribution in [3.63, 3.8) is 0 Å². The lowest BCUT2D eigenvalue weighted by molar-refractivity contribution is -0.0653. The van der Waals surface area contributed by atoms with Gasteiger partial charge in [-0.3, -0.25) is 4.79 Å². The Kier molecular flexibility index (Phi) is 6.03. The maximum absolute atomic E-state index is 14.9. The summed E-state index contributed by atoms with van der Waals surface area (Å²) in [6.07, 6.45) is -0.362. The Bertz CT molecular complexity index is 1070. The first-order valence-corrected chi connectivity index (χ1v) is 10.6. The minimum atomic E-state index is -1.31. The second-order valence-corrected chi connectivity index (χ2v) is 8.42. The first kappa shape index (κ1) is 21.4. The van der Waals surface area contributed by atoms with E-state index in [4.69, 9.17) is 4.74 Å². The Morgan fingerprint density at radius 1 is 1.29 bits per heavy atom. The van der Waals surface area contributed by atoms with E-state index in [0.717, 1.165) is 6.07 Å². The van der Waals surface area contributed by atoms with E-state index in [1.165, 1.54) is 11.8 Å². The minimum Gasteiger partial charge on any atom is -0.373 e. The summed E-state index contributed by atoms with van der Waals surface area (Å²) < 4.78 is 47.7. The quantitative estimate of drug-likeness (QED) is 0.777. The number of fused-ring (bicyclic) bond motifs is 1. The molecule has 0 aliphatic carbocycles. The summed E-state index contributed by atoms with van der Waals surface area (Å²) in [7, 11) is 0. The standard InChI is InChI=1S/C22H18F3N3O2S/c23-9-16-7-15-11-31-21(27-20(29)13-4-2-1-3-5-13)28-22(15,12-30-16)17-6-14(10-26)18(24)8-19(17)25/h1-6,8,15-16H,7,9,11-12H2,(H,27,28,29). The molecule has 0 spiro atoms. The number of hydrogen-bond donors (Lipinski definition) is 1. The molecule has 31 heavy (non-hydrogen) atoms. The summed E-state index contributed by atoms with van der Waals surface area (Å²) in [5.74, 6) is -2.12. The zero-order valence-electron chi connectivity index (χ0n) is 16.3. The van der Waals surface area contributed by atoms with Gasteiger partial charge in [-0.1, -0.05) is 30.0 Å². The number of aliphatic imine (C=N–C) groups is 1. The zero-order valence-corrected chi connectivity index (χ0v) is 17.1. The molecule has 0 bridgehead atoms. The normalized spacial score (nSPS) is 25.2. The molecular formula is C22H18F3N3O2S. The number of halogens is 3. The van der Waals surface area contributed by atoms with Crippen LogP contribution in [0.4, 0.5) is 13.2 Å². The molecule has 2 aromatic rings. The molecule has 2 aliphatic rings. The molecule has 4 rings (SSSR count). The van der Waals surface area contributed by atoms with Crippen LogP contribution in [0.2, 0.25) is 0 Å². The Balaban J connectivity index is 1.76. The third-order valence-corrected chi connectivity index (χ3v) is 6.59. The molecule has 1 saturated heterocycles. The summed E-state index contributed by atoms with van der Waals surface area (Å²) in [6.45, 7) is -0.834. The van der Waals surface area contributed by atoms with Gasteiger partial charge in [0.25, 0.3) is 5.91 Å². The van der Waals surface area contributed by atoms with E-state index in [1.807, 2.05) is 0 Å². The number of carbonyl (C=O) groups excluding carboxylic acids is 1. The van der Waals surface area contributed by atoms with Gasteiger partial charge in [-0.05, 0) is 24.6 Å². The van der Waals surface area contributed by atoms with Crippen molar-refractivity contribution < 1.29 is 22.7 Å². The fourth-order valence-corrected chi connectivity index (χ4v) is 5.08. The average Bonchev–Trinajstić information content (AvgIpc) is 2.79. The minimum absolute atomic E-state index is 0.000446. The van der Waals surface area contributed by atoms with Crippen LogP contribution in [0.25, 0.3) is 0 Å². The molecule has 0 saturated carbocycles. The van der Waals surface area contributed by atoms with E-state index in [1.54, 1.807) is 36.4 Å². The summed E-state index contributed by atoms with van der Waals surface area (Å²) >= 11 is 1.28. The van der Waals surface area contributed by atoms with Gasteiger partial charge in [0.2, 0.25) is 0 Å². The molecule has 5 nitrogen and oxygen atoms in total. The third kappa shape index (κ3) is 4.05. The summed E-state index contributed by atoms with van der Waals surface area (Å²) in [4.78, 5) is 17.2. The lowest BCUT2D eigenvalue weighted by Crippen LogP contribution is -2.51. The van der Waals surface area contributed by atoms with Crippen molar-refractivity contribution >= 4 is 22.8 Å². The highest BCUT2D eigenvalue weighted by Crippen LogP contribution is 2.47. The molecule has 1 amide bonds. The first-order chi connectivity index (χ1) is 15.0. The average molecular weight is 445 g/mol. The Hall–Kier alpha value is -2.83. The predicted octanol–water partition coefficient (Wildman–Crippen LogP) is 3.94. The van der Waals surface area contributed by atoms with Gasteiger partial charge >= 0.3 is 0 Å². The number of thioether (sulfide) groups is 1. The zero-order chi connectivity index (χ0) is 22.0. The number of amidine groups is 1. The molecule has 1 N–H and O–H groups in total. The van der Waals surface area contributed by atoms with Crippen LogP contribution in [0.1, 0.15) is 27.9 Å². The van der Waals surface area contributed by atoms with Crippen molar-refractivity contribution in [1.29, 1.82) is 5.26 Å². The number of carbonyl (C=O) groups is 1. The molecule has 160 valence electrons. The van der Waals surface area contributed by atoms with Crippen LogP contribution in [0.5, 0.6) is 0 Å². The number of rotatable bonds is 3. The van der Waals surface area contributed by atoms with E-state index in [9.17, 15) is 23.2 Å². The number of amides is 1. The highest BCUT2D eigenvalue weighted by Gasteiger charge is 2.50. The van der Waals surface area contributed by atoms with Crippen LogP contribution >= 0.6 is 11.8 Å². The van der Waals surface area contributed by atoms with Gasteiger partial charge in [0.05, 0.1) is 18.3 Å². The molecule has 9 heteroatoms. The predicted molar refractivity (Wildman–Crippen MR) is 110 cm³/mol. The second-order valence-electron chi connectivity index (χ2n) is 7.42. The van der Waals surface area contributed by atoms with E-state index in [-0.39, 0.29) is 41.1 Å². The number of nitrogens with zero attached hydrogens (tertiary/aromatic N) is 2. The summed E-state index contributed by atoms with van der Waals surface area (Å²) in [5, 5.41) is 12.2. The van der Waals surface area contributed by atoms with Gasteiger partial charge in [-0.25, -0.2) is 18.2 Å². The fraction of sp³-hybridized carbons (Fsp3) is 0.318. The monoisotopic (exact) mass is 445 g/mol. The third-order valence-electron chi connectivity index (χ3n) is 5.56. The molecule has 2 aromatic carbocycles. The molecule has 0 aromatic heterocycles. The topological polar surface area (TPSA) is 74.5 Å². The molecule has 3 unspecified atom stereocenters. The molecule has 2 heterocycles. The Morgan fingerprint density at radius 2 is 2.06 bits per heavy atom. The van der Waals surface area contributed by atoms with Crippen molar-refractivity contribution in [2.24, 2.45) is 10.9 Å². The lowest BCUT2D eigenvalue weighted by atomic mass is 9.74. The van der Waals surface area contributed by atoms with Crippen molar-refractivity contribution in [3.8, 4) is 6.07 Å². The van der Waals surface area contributed by atoms with Gasteiger partial charge < -0.3 is 10.1 Å². The Morgan fingerprint density at radius 3 is 2.77 bits per heavy atom. The maximum Gasteiger partial charge on any atom is 0.257 e. The van der Waals surface area contributed by atoms with Crippen LogP contribution < -0.4 is 5.32 Å². The number of benzene rings is 2. The van der Waals surface area contributed by atoms with Crippen LogP contribution in [0.3, 0.4) is 0 Å². The van der Waals surface area contributed by atoms with E-state index in [2.05, 4.69) is 10.3 Å². The molecule has 1 fully saturated rings. The van der Waals surface area contributed by atoms with Crippen molar-refractivity contribution in [1.82, 2.24) is 5.32 Å². The van der Waals surface area contributed by atoms with Gasteiger partial charge in [0.15, 0.2) is 5.17 Å².